The third-order valence-corrected chi connectivity index (χ3v) is 3.29. The maximum atomic E-state index is 11.1. The van der Waals surface area contributed by atoms with Crippen LogP contribution in [0.5, 0.6) is 0 Å². The zero-order chi connectivity index (χ0) is 13.8. The van der Waals surface area contributed by atoms with Crippen LogP contribution in [0, 0.1) is 11.8 Å². The SMILES string of the molecule is CC(=O)NCC#Cc1ccc(S(N)(=O)=O)c(Cl)c1. The molecule has 0 bridgehead atoms. The molecular formula is C11H11ClN2O3S. The number of hydrogen-bond donors (Lipinski definition) is 2. The molecule has 0 aliphatic carbocycles. The van der Waals surface area contributed by atoms with Gasteiger partial charge in [0.05, 0.1) is 11.6 Å². The van der Waals surface area contributed by atoms with Crippen LogP contribution >= 0.6 is 11.6 Å². The van der Waals surface area contributed by atoms with E-state index in [1.807, 2.05) is 0 Å². The number of amides is 1. The zero-order valence-corrected chi connectivity index (χ0v) is 11.1. The van der Waals surface area contributed by atoms with Crippen LogP contribution in [0.2, 0.25) is 5.02 Å². The smallest absolute Gasteiger partial charge is 0.239 e. The number of primary sulfonamides is 1. The number of hydrogen-bond acceptors (Lipinski definition) is 3. The van der Waals surface area contributed by atoms with Gasteiger partial charge in [-0.1, -0.05) is 23.4 Å². The molecule has 0 aliphatic heterocycles. The molecule has 0 saturated carbocycles. The van der Waals surface area contributed by atoms with Gasteiger partial charge in [0.15, 0.2) is 0 Å². The van der Waals surface area contributed by atoms with Crippen LogP contribution < -0.4 is 10.5 Å². The second kappa shape index (κ2) is 5.87. The molecule has 0 fully saturated rings. The Balaban J connectivity index is 2.89. The van der Waals surface area contributed by atoms with Crippen molar-refractivity contribution in [3.8, 4) is 11.8 Å². The molecule has 0 atom stereocenters. The Morgan fingerprint density at radius 1 is 1.50 bits per heavy atom. The summed E-state index contributed by atoms with van der Waals surface area (Å²) in [6, 6.07) is 4.19. The first-order chi connectivity index (χ1) is 8.30. The lowest BCUT2D eigenvalue weighted by atomic mass is 10.2. The summed E-state index contributed by atoms with van der Waals surface area (Å²) in [4.78, 5) is 10.4. The number of benzene rings is 1. The fourth-order valence-corrected chi connectivity index (χ4v) is 2.22. The first-order valence-corrected chi connectivity index (χ1v) is 6.79. The largest absolute Gasteiger partial charge is 0.345 e. The van der Waals surface area contributed by atoms with E-state index in [2.05, 4.69) is 17.2 Å². The lowest BCUT2D eigenvalue weighted by molar-refractivity contribution is -0.118. The Morgan fingerprint density at radius 3 is 2.67 bits per heavy atom. The van der Waals surface area contributed by atoms with E-state index in [4.69, 9.17) is 16.7 Å². The Morgan fingerprint density at radius 2 is 2.17 bits per heavy atom. The van der Waals surface area contributed by atoms with Gasteiger partial charge in [-0.15, -0.1) is 0 Å². The standard InChI is InChI=1S/C11H11ClN2O3S/c1-8(15)14-6-2-3-9-4-5-11(10(12)7-9)18(13,16)17/h4-5,7H,6H2,1H3,(H,14,15)(H2,13,16,17). The molecule has 18 heavy (non-hydrogen) atoms. The molecule has 3 N–H and O–H groups in total. The molecule has 7 heteroatoms. The first kappa shape index (κ1) is 14.5. The monoisotopic (exact) mass is 286 g/mol. The van der Waals surface area contributed by atoms with Crippen molar-refractivity contribution in [2.45, 2.75) is 11.8 Å². The summed E-state index contributed by atoms with van der Waals surface area (Å²) in [6.07, 6.45) is 0. The minimum Gasteiger partial charge on any atom is -0.345 e. The minimum absolute atomic E-state index is 0.0174. The molecule has 96 valence electrons. The summed E-state index contributed by atoms with van der Waals surface area (Å²) < 4.78 is 22.2. The van der Waals surface area contributed by atoms with Gasteiger partial charge in [-0.2, -0.15) is 0 Å². The molecule has 1 aromatic carbocycles. The van der Waals surface area contributed by atoms with Gasteiger partial charge < -0.3 is 5.32 Å². The Kier molecular flexibility index (Phi) is 4.73. The van der Waals surface area contributed by atoms with Gasteiger partial charge in [-0.25, -0.2) is 13.6 Å². The summed E-state index contributed by atoms with van der Waals surface area (Å²) in [5.41, 5.74) is 0.540. The van der Waals surface area contributed by atoms with Crippen molar-refractivity contribution >= 4 is 27.5 Å². The summed E-state index contributed by atoms with van der Waals surface area (Å²) in [5, 5.41) is 7.49. The fraction of sp³-hybridized carbons (Fsp3) is 0.182. The normalized spacial score (nSPS) is 10.4. The molecular weight excluding hydrogens is 276 g/mol. The number of halogens is 1. The Hall–Kier alpha value is -1.55. The second-order valence-corrected chi connectivity index (χ2v) is 5.34. The third-order valence-electron chi connectivity index (χ3n) is 1.90. The van der Waals surface area contributed by atoms with Crippen molar-refractivity contribution < 1.29 is 13.2 Å². The summed E-state index contributed by atoms with van der Waals surface area (Å²) in [6.45, 7) is 1.60. The second-order valence-electron chi connectivity index (χ2n) is 3.40. The van der Waals surface area contributed by atoms with E-state index in [-0.39, 0.29) is 22.4 Å². The van der Waals surface area contributed by atoms with Crippen molar-refractivity contribution in [1.29, 1.82) is 0 Å². The highest BCUT2D eigenvalue weighted by molar-refractivity contribution is 7.89. The molecule has 1 aromatic rings. The lowest BCUT2D eigenvalue weighted by Gasteiger charge is -2.01. The third kappa shape index (κ3) is 4.37. The van der Waals surface area contributed by atoms with Gasteiger partial charge >= 0.3 is 0 Å². The van der Waals surface area contributed by atoms with E-state index in [1.165, 1.54) is 25.1 Å². The maximum absolute atomic E-state index is 11.1. The predicted molar refractivity (Wildman–Crippen MR) is 68.4 cm³/mol. The van der Waals surface area contributed by atoms with Gasteiger partial charge in [-0.05, 0) is 18.2 Å². The highest BCUT2D eigenvalue weighted by Gasteiger charge is 2.12. The van der Waals surface area contributed by atoms with Crippen molar-refractivity contribution in [3.63, 3.8) is 0 Å². The first-order valence-electron chi connectivity index (χ1n) is 4.86. The average Bonchev–Trinajstić information content (AvgIpc) is 2.22. The molecule has 1 amide bonds. The summed E-state index contributed by atoms with van der Waals surface area (Å²) in [7, 11) is -3.82. The van der Waals surface area contributed by atoms with Crippen LogP contribution in [-0.2, 0) is 14.8 Å². The van der Waals surface area contributed by atoms with Crippen LogP contribution in [0.1, 0.15) is 12.5 Å². The topological polar surface area (TPSA) is 89.3 Å². The van der Waals surface area contributed by atoms with E-state index < -0.39 is 10.0 Å². The van der Waals surface area contributed by atoms with Crippen LogP contribution in [0.3, 0.4) is 0 Å². The minimum atomic E-state index is -3.82. The van der Waals surface area contributed by atoms with Crippen molar-refractivity contribution in [2.75, 3.05) is 6.54 Å². The van der Waals surface area contributed by atoms with Gasteiger partial charge in [0.1, 0.15) is 4.90 Å². The lowest BCUT2D eigenvalue weighted by Crippen LogP contribution is -2.19. The van der Waals surface area contributed by atoms with Gasteiger partial charge in [0.25, 0.3) is 0 Å². The van der Waals surface area contributed by atoms with Gasteiger partial charge in [0, 0.05) is 12.5 Å². The van der Waals surface area contributed by atoms with Gasteiger partial charge in [0.2, 0.25) is 15.9 Å². The fourth-order valence-electron chi connectivity index (χ4n) is 1.12. The van der Waals surface area contributed by atoms with E-state index in [9.17, 15) is 13.2 Å². The van der Waals surface area contributed by atoms with E-state index in [0.29, 0.717) is 5.56 Å². The molecule has 0 aromatic heterocycles. The van der Waals surface area contributed by atoms with Crippen LogP contribution in [0.15, 0.2) is 23.1 Å². The molecule has 0 saturated heterocycles. The quantitative estimate of drug-likeness (QED) is 0.775. The number of nitrogens with one attached hydrogen (secondary N) is 1. The van der Waals surface area contributed by atoms with E-state index in [1.54, 1.807) is 0 Å². The number of sulfonamides is 1. The molecule has 1 rings (SSSR count). The molecule has 0 spiro atoms. The predicted octanol–water partition coefficient (Wildman–Crippen LogP) is 0.475. The Labute approximate surface area is 110 Å². The van der Waals surface area contributed by atoms with Crippen molar-refractivity contribution in [1.82, 2.24) is 5.32 Å². The number of nitrogens with two attached hydrogens (primary N) is 1. The summed E-state index contributed by atoms with van der Waals surface area (Å²) in [5.74, 6) is 5.26. The zero-order valence-electron chi connectivity index (χ0n) is 9.53. The molecule has 0 aliphatic rings. The molecule has 5 nitrogen and oxygen atoms in total. The van der Waals surface area contributed by atoms with Crippen LogP contribution in [0.4, 0.5) is 0 Å². The molecule has 0 heterocycles. The van der Waals surface area contributed by atoms with Crippen molar-refractivity contribution in [2.24, 2.45) is 5.14 Å². The molecule has 0 unspecified atom stereocenters. The summed E-state index contributed by atoms with van der Waals surface area (Å²) >= 11 is 5.78. The average molecular weight is 287 g/mol. The number of carbonyl (C=O) groups excluding carboxylic acids is 1. The highest BCUT2D eigenvalue weighted by atomic mass is 35.5. The highest BCUT2D eigenvalue weighted by Crippen LogP contribution is 2.20. The van der Waals surface area contributed by atoms with Crippen molar-refractivity contribution in [3.05, 3.63) is 28.8 Å². The van der Waals surface area contributed by atoms with E-state index in [0.717, 1.165) is 0 Å². The van der Waals surface area contributed by atoms with Gasteiger partial charge in [-0.3, -0.25) is 4.79 Å². The van der Waals surface area contributed by atoms with Crippen LogP contribution in [-0.4, -0.2) is 20.9 Å². The Bertz CT molecular complexity index is 629. The molecule has 0 radical (unpaired) electrons. The maximum Gasteiger partial charge on any atom is 0.239 e. The van der Waals surface area contributed by atoms with Crippen LogP contribution in [0.25, 0.3) is 0 Å². The number of carbonyl (C=O) groups is 1. The number of rotatable bonds is 2. The van der Waals surface area contributed by atoms with E-state index >= 15 is 0 Å².